The predicted molar refractivity (Wildman–Crippen MR) is 106 cm³/mol. The van der Waals surface area contributed by atoms with E-state index in [1.165, 1.54) is 23.5 Å². The number of carbonyl (C=O) groups excluding carboxylic acids is 1. The van der Waals surface area contributed by atoms with Gasteiger partial charge in [-0.1, -0.05) is 6.07 Å². The molecular formula is C20H17FN4OS. The van der Waals surface area contributed by atoms with Crippen molar-refractivity contribution in [2.45, 2.75) is 13.8 Å². The number of rotatable bonds is 3. The van der Waals surface area contributed by atoms with Crippen LogP contribution in [0.4, 0.5) is 10.1 Å². The Morgan fingerprint density at radius 1 is 1.26 bits per heavy atom. The normalized spacial score (nSPS) is 11.1. The number of nitrogens with one attached hydrogen (secondary N) is 1. The maximum atomic E-state index is 13.5. The molecule has 4 aromatic rings. The lowest BCUT2D eigenvalue weighted by molar-refractivity contribution is 0.102. The minimum Gasteiger partial charge on any atom is -0.335 e. The Morgan fingerprint density at radius 2 is 2.07 bits per heavy atom. The van der Waals surface area contributed by atoms with Crippen LogP contribution in [-0.2, 0) is 7.05 Å². The van der Waals surface area contributed by atoms with Crippen molar-refractivity contribution in [1.82, 2.24) is 14.5 Å². The number of nitrogens with zero attached hydrogens (tertiary/aromatic N) is 3. The van der Waals surface area contributed by atoms with Crippen molar-refractivity contribution < 1.29 is 9.18 Å². The van der Waals surface area contributed by atoms with E-state index in [9.17, 15) is 9.18 Å². The third-order valence-electron chi connectivity index (χ3n) is 4.41. The summed E-state index contributed by atoms with van der Waals surface area (Å²) in [5, 5.41) is 4.53. The summed E-state index contributed by atoms with van der Waals surface area (Å²) in [4.78, 5) is 22.2. The van der Waals surface area contributed by atoms with Gasteiger partial charge in [0, 0.05) is 36.1 Å². The zero-order valence-electron chi connectivity index (χ0n) is 15.1. The number of hydrogen-bond donors (Lipinski definition) is 1. The lowest BCUT2D eigenvalue weighted by Gasteiger charge is -2.07. The highest BCUT2D eigenvalue weighted by atomic mass is 32.1. The van der Waals surface area contributed by atoms with Crippen LogP contribution in [0.2, 0.25) is 0 Å². The Bertz CT molecular complexity index is 1180. The third-order valence-corrected chi connectivity index (χ3v) is 5.60. The number of pyridine rings is 1. The Hall–Kier alpha value is -3.06. The molecule has 27 heavy (non-hydrogen) atoms. The monoisotopic (exact) mass is 380 g/mol. The molecule has 0 aliphatic carbocycles. The maximum absolute atomic E-state index is 13.5. The summed E-state index contributed by atoms with van der Waals surface area (Å²) < 4.78 is 15.4. The van der Waals surface area contributed by atoms with Crippen LogP contribution in [0.15, 0.2) is 42.7 Å². The summed E-state index contributed by atoms with van der Waals surface area (Å²) in [5.74, 6) is -0.677. The molecule has 7 heteroatoms. The van der Waals surface area contributed by atoms with Crippen molar-refractivity contribution >= 4 is 34.0 Å². The molecule has 3 aromatic heterocycles. The number of thiazole rings is 1. The molecule has 1 amide bonds. The van der Waals surface area contributed by atoms with Crippen LogP contribution in [0, 0.1) is 19.7 Å². The van der Waals surface area contributed by atoms with Crippen molar-refractivity contribution in [3.63, 3.8) is 0 Å². The molecule has 0 aliphatic rings. The van der Waals surface area contributed by atoms with E-state index < -0.39 is 0 Å². The first-order valence-electron chi connectivity index (χ1n) is 8.39. The standard InChI is InChI=1S/C20H17FN4OS/c1-11-6-7-13(21)9-16(11)24-19(26)17-12(2)23-20(27-17)15-10-25(3)18-14(15)5-4-8-22-18/h4-10H,1-3H3,(H,24,26). The van der Waals surface area contributed by atoms with Gasteiger partial charge in [-0.05, 0) is 43.7 Å². The number of anilines is 1. The Kier molecular flexibility index (Phi) is 4.24. The number of carbonyl (C=O) groups is 1. The quantitative estimate of drug-likeness (QED) is 0.560. The highest BCUT2D eigenvalue weighted by Crippen LogP contribution is 2.34. The number of aryl methyl sites for hydroxylation is 3. The van der Waals surface area contributed by atoms with E-state index >= 15 is 0 Å². The molecule has 0 atom stereocenters. The van der Waals surface area contributed by atoms with Crippen LogP contribution < -0.4 is 5.32 Å². The van der Waals surface area contributed by atoms with Gasteiger partial charge < -0.3 is 9.88 Å². The number of amides is 1. The molecule has 1 N–H and O–H groups in total. The van der Waals surface area contributed by atoms with Crippen molar-refractivity contribution in [2.75, 3.05) is 5.32 Å². The van der Waals surface area contributed by atoms with E-state index in [0.717, 1.165) is 27.2 Å². The van der Waals surface area contributed by atoms with Gasteiger partial charge in [-0.15, -0.1) is 11.3 Å². The van der Waals surface area contributed by atoms with E-state index in [1.54, 1.807) is 19.2 Å². The Labute approximate surface area is 159 Å². The second-order valence-electron chi connectivity index (χ2n) is 6.38. The van der Waals surface area contributed by atoms with Crippen molar-refractivity contribution in [2.24, 2.45) is 7.05 Å². The van der Waals surface area contributed by atoms with Gasteiger partial charge >= 0.3 is 0 Å². The average molecular weight is 380 g/mol. The molecule has 5 nitrogen and oxygen atoms in total. The molecule has 0 aliphatic heterocycles. The molecule has 0 saturated heterocycles. The van der Waals surface area contributed by atoms with Gasteiger partial charge in [0.05, 0.1) is 5.69 Å². The molecule has 4 rings (SSSR count). The lowest BCUT2D eigenvalue weighted by atomic mass is 10.2. The minimum absolute atomic E-state index is 0.289. The van der Waals surface area contributed by atoms with Crippen LogP contribution in [0.1, 0.15) is 20.9 Å². The van der Waals surface area contributed by atoms with Gasteiger partial charge in [0.1, 0.15) is 21.3 Å². The SMILES string of the molecule is Cc1ccc(F)cc1NC(=O)c1sc(-c2cn(C)c3ncccc23)nc1C. The molecule has 0 radical (unpaired) electrons. The molecule has 3 heterocycles. The van der Waals surface area contributed by atoms with Gasteiger partial charge in [-0.2, -0.15) is 0 Å². The topological polar surface area (TPSA) is 59.8 Å². The predicted octanol–water partition coefficient (Wildman–Crippen LogP) is 4.71. The van der Waals surface area contributed by atoms with Crippen molar-refractivity contribution in [1.29, 1.82) is 0 Å². The fourth-order valence-electron chi connectivity index (χ4n) is 3.01. The second kappa shape index (κ2) is 6.59. The van der Waals surface area contributed by atoms with E-state index in [-0.39, 0.29) is 11.7 Å². The third kappa shape index (κ3) is 3.10. The van der Waals surface area contributed by atoms with Crippen LogP contribution in [0.5, 0.6) is 0 Å². The smallest absolute Gasteiger partial charge is 0.267 e. The maximum Gasteiger partial charge on any atom is 0.267 e. The lowest BCUT2D eigenvalue weighted by Crippen LogP contribution is -2.12. The van der Waals surface area contributed by atoms with E-state index in [1.807, 2.05) is 36.9 Å². The Morgan fingerprint density at radius 3 is 2.89 bits per heavy atom. The molecule has 0 saturated carbocycles. The summed E-state index contributed by atoms with van der Waals surface area (Å²) in [6.07, 6.45) is 3.72. The van der Waals surface area contributed by atoms with Crippen molar-refractivity contribution in [3.8, 4) is 10.6 Å². The first-order valence-corrected chi connectivity index (χ1v) is 9.21. The van der Waals surface area contributed by atoms with Gasteiger partial charge in [-0.3, -0.25) is 4.79 Å². The highest BCUT2D eigenvalue weighted by Gasteiger charge is 2.19. The molecule has 1 aromatic carbocycles. The van der Waals surface area contributed by atoms with Crippen LogP contribution in [0.3, 0.4) is 0 Å². The minimum atomic E-state index is -0.388. The first-order chi connectivity index (χ1) is 12.9. The van der Waals surface area contributed by atoms with E-state index in [2.05, 4.69) is 15.3 Å². The number of halogens is 1. The Balaban J connectivity index is 1.71. The second-order valence-corrected chi connectivity index (χ2v) is 7.37. The first kappa shape index (κ1) is 17.4. The largest absolute Gasteiger partial charge is 0.335 e. The number of fused-ring (bicyclic) bond motifs is 1. The van der Waals surface area contributed by atoms with E-state index in [4.69, 9.17) is 0 Å². The summed E-state index contributed by atoms with van der Waals surface area (Å²) >= 11 is 1.32. The van der Waals surface area contributed by atoms with Gasteiger partial charge in [-0.25, -0.2) is 14.4 Å². The van der Waals surface area contributed by atoms with Gasteiger partial charge in [0.2, 0.25) is 0 Å². The zero-order valence-corrected chi connectivity index (χ0v) is 15.9. The molecule has 0 bridgehead atoms. The zero-order chi connectivity index (χ0) is 19.1. The fraction of sp³-hybridized carbons (Fsp3) is 0.150. The number of hydrogen-bond acceptors (Lipinski definition) is 4. The molecular weight excluding hydrogens is 363 g/mol. The molecule has 0 spiro atoms. The molecule has 136 valence electrons. The van der Waals surface area contributed by atoms with Gasteiger partial charge in [0.25, 0.3) is 5.91 Å². The van der Waals surface area contributed by atoms with Crippen LogP contribution in [0.25, 0.3) is 21.6 Å². The number of aromatic nitrogens is 3. The fourth-order valence-corrected chi connectivity index (χ4v) is 4.00. The summed E-state index contributed by atoms with van der Waals surface area (Å²) in [6, 6.07) is 8.20. The summed E-state index contributed by atoms with van der Waals surface area (Å²) in [5.41, 5.74) is 3.70. The van der Waals surface area contributed by atoms with E-state index in [0.29, 0.717) is 16.3 Å². The highest BCUT2D eigenvalue weighted by molar-refractivity contribution is 7.17. The van der Waals surface area contributed by atoms with Crippen molar-refractivity contribution in [3.05, 3.63) is 64.7 Å². The van der Waals surface area contributed by atoms with Crippen LogP contribution in [-0.4, -0.2) is 20.4 Å². The van der Waals surface area contributed by atoms with Gasteiger partial charge in [0.15, 0.2) is 0 Å². The van der Waals surface area contributed by atoms with Crippen LogP contribution >= 0.6 is 11.3 Å². The number of benzene rings is 1. The molecule has 0 unspecified atom stereocenters. The average Bonchev–Trinajstić information content (AvgIpc) is 3.19. The molecule has 0 fully saturated rings. The summed E-state index contributed by atoms with van der Waals surface area (Å²) in [7, 11) is 1.93. The summed E-state index contributed by atoms with van der Waals surface area (Å²) in [6.45, 7) is 3.62.